The Bertz CT molecular complexity index is 1180. The summed E-state index contributed by atoms with van der Waals surface area (Å²) in [5.74, 6) is -0.252. The summed E-state index contributed by atoms with van der Waals surface area (Å²) in [5.41, 5.74) is 1.09. The van der Waals surface area contributed by atoms with Crippen LogP contribution in [0.1, 0.15) is 11.4 Å². The Labute approximate surface area is 167 Å². The number of sulfonamides is 1. The number of benzene rings is 1. The molecule has 3 heterocycles. The monoisotopic (exact) mass is 415 g/mol. The second-order valence-corrected chi connectivity index (χ2v) is 8.38. The molecule has 0 spiro atoms. The number of rotatable bonds is 4. The molecule has 150 valence electrons. The van der Waals surface area contributed by atoms with Crippen LogP contribution in [0.4, 0.5) is 4.39 Å². The lowest BCUT2D eigenvalue weighted by Gasteiger charge is -2.28. The quantitative estimate of drug-likeness (QED) is 0.815. The van der Waals surface area contributed by atoms with Gasteiger partial charge in [-0.1, -0.05) is 6.07 Å². The molecule has 1 aromatic carbocycles. The number of allylic oxidation sites excluding steroid dienone is 2. The van der Waals surface area contributed by atoms with E-state index in [0.29, 0.717) is 17.1 Å². The van der Waals surface area contributed by atoms with Gasteiger partial charge >= 0.3 is 0 Å². The molecule has 0 aliphatic carbocycles. The van der Waals surface area contributed by atoms with Gasteiger partial charge < -0.3 is 14.8 Å². The highest BCUT2D eigenvalue weighted by atomic mass is 32.2. The summed E-state index contributed by atoms with van der Waals surface area (Å²) in [6, 6.07) is 4.68. The zero-order chi connectivity index (χ0) is 20.6. The fraction of sp³-hybridized carbons (Fsp3) is 0.211. The van der Waals surface area contributed by atoms with Gasteiger partial charge in [-0.05, 0) is 36.8 Å². The van der Waals surface area contributed by atoms with Gasteiger partial charge in [0, 0.05) is 31.7 Å². The zero-order valence-corrected chi connectivity index (χ0v) is 16.4. The summed E-state index contributed by atoms with van der Waals surface area (Å²) in [6.45, 7) is 2.10. The normalized spacial score (nSPS) is 17.4. The van der Waals surface area contributed by atoms with Crippen molar-refractivity contribution in [1.82, 2.24) is 19.8 Å². The maximum atomic E-state index is 14.5. The molecule has 10 heteroatoms. The highest BCUT2D eigenvalue weighted by Crippen LogP contribution is 2.19. The van der Waals surface area contributed by atoms with Crippen molar-refractivity contribution in [1.29, 1.82) is 0 Å². The highest BCUT2D eigenvalue weighted by molar-refractivity contribution is 7.90. The maximum absolute atomic E-state index is 14.5. The number of carbonyl (C=O) groups excluding carboxylic acids is 1. The third kappa shape index (κ3) is 3.83. The first-order valence-corrected chi connectivity index (χ1v) is 10.5. The summed E-state index contributed by atoms with van der Waals surface area (Å²) in [5, 5.41) is 2.69. The number of hydrogen-bond donors (Lipinski definition) is 1. The molecule has 1 N–H and O–H groups in total. The molecule has 1 aromatic heterocycles. The number of amidine groups is 1. The second-order valence-electron chi connectivity index (χ2n) is 6.63. The van der Waals surface area contributed by atoms with Crippen molar-refractivity contribution in [3.05, 3.63) is 71.7 Å². The third-order valence-corrected chi connectivity index (χ3v) is 5.80. The number of fused-ring (bicyclic) bond motifs is 1. The molecule has 0 radical (unpaired) electrons. The fourth-order valence-electron chi connectivity index (χ4n) is 3.16. The van der Waals surface area contributed by atoms with Crippen molar-refractivity contribution in [3.63, 3.8) is 0 Å². The van der Waals surface area contributed by atoms with Crippen LogP contribution in [-0.2, 0) is 21.4 Å². The molecule has 2 aliphatic heterocycles. The van der Waals surface area contributed by atoms with Crippen molar-refractivity contribution in [3.8, 4) is 5.69 Å². The average molecular weight is 415 g/mol. The minimum atomic E-state index is -3.59. The van der Waals surface area contributed by atoms with Gasteiger partial charge in [0.15, 0.2) is 5.84 Å². The maximum Gasteiger partial charge on any atom is 0.256 e. The predicted molar refractivity (Wildman–Crippen MR) is 105 cm³/mol. The van der Waals surface area contributed by atoms with Crippen LogP contribution in [0.2, 0.25) is 0 Å². The molecule has 0 fully saturated rings. The minimum absolute atomic E-state index is 0.0834. The largest absolute Gasteiger partial charge is 0.348 e. The van der Waals surface area contributed by atoms with E-state index < -0.39 is 21.7 Å². The van der Waals surface area contributed by atoms with E-state index in [1.54, 1.807) is 53.2 Å². The number of amides is 1. The molecule has 29 heavy (non-hydrogen) atoms. The Morgan fingerprint density at radius 3 is 2.90 bits per heavy atom. The van der Waals surface area contributed by atoms with Crippen molar-refractivity contribution < 1.29 is 17.6 Å². The predicted octanol–water partition coefficient (Wildman–Crippen LogP) is 1.43. The summed E-state index contributed by atoms with van der Waals surface area (Å²) >= 11 is 0. The van der Waals surface area contributed by atoms with E-state index in [1.165, 1.54) is 12.1 Å². The van der Waals surface area contributed by atoms with Gasteiger partial charge in [-0.15, -0.1) is 4.40 Å². The summed E-state index contributed by atoms with van der Waals surface area (Å²) < 4.78 is 43.5. The molecule has 0 saturated heterocycles. The summed E-state index contributed by atoms with van der Waals surface area (Å²) in [4.78, 5) is 18.3. The first-order valence-electron chi connectivity index (χ1n) is 8.89. The smallest absolute Gasteiger partial charge is 0.256 e. The van der Waals surface area contributed by atoms with Crippen molar-refractivity contribution in [2.75, 3.05) is 12.3 Å². The molecule has 0 unspecified atom stereocenters. The van der Waals surface area contributed by atoms with Gasteiger partial charge in [0.25, 0.3) is 15.9 Å². The van der Waals surface area contributed by atoms with Crippen LogP contribution >= 0.6 is 0 Å². The summed E-state index contributed by atoms with van der Waals surface area (Å²) in [7, 11) is -3.59. The van der Waals surface area contributed by atoms with Crippen LogP contribution in [0.15, 0.2) is 58.9 Å². The number of halogens is 1. The number of hydrogen-bond acceptors (Lipinski definition) is 5. The van der Waals surface area contributed by atoms with Crippen LogP contribution in [0.25, 0.3) is 5.69 Å². The first kappa shape index (κ1) is 19.1. The number of aryl methyl sites for hydroxylation is 1. The topological polar surface area (TPSA) is 96.7 Å². The molecule has 0 atom stereocenters. The van der Waals surface area contributed by atoms with E-state index in [-0.39, 0.29) is 30.3 Å². The number of nitrogens with zero attached hydrogens (tertiary/aromatic N) is 4. The third-order valence-electron chi connectivity index (χ3n) is 4.65. The Morgan fingerprint density at radius 2 is 2.17 bits per heavy atom. The Morgan fingerprint density at radius 1 is 1.34 bits per heavy atom. The fourth-order valence-corrected chi connectivity index (χ4v) is 4.14. The van der Waals surface area contributed by atoms with Gasteiger partial charge in [-0.25, -0.2) is 17.8 Å². The summed E-state index contributed by atoms with van der Waals surface area (Å²) in [6.07, 6.45) is 8.11. The molecular weight excluding hydrogens is 397 g/mol. The van der Waals surface area contributed by atoms with E-state index in [2.05, 4.69) is 14.7 Å². The SMILES string of the molecule is Cc1nccn1-c1ccc(CNC(=O)C2=CC=CN3CCS(=O)(=O)N=C23)cc1F. The van der Waals surface area contributed by atoms with Crippen LogP contribution < -0.4 is 5.32 Å². The average Bonchev–Trinajstić information content (AvgIpc) is 3.10. The number of nitrogens with one attached hydrogen (secondary N) is 1. The number of carbonyl (C=O) groups is 1. The van der Waals surface area contributed by atoms with Crippen LogP contribution in [0.5, 0.6) is 0 Å². The van der Waals surface area contributed by atoms with Gasteiger partial charge in [0.05, 0.1) is 17.0 Å². The molecule has 1 amide bonds. The first-order chi connectivity index (χ1) is 13.8. The number of aromatic nitrogens is 2. The van der Waals surface area contributed by atoms with E-state index in [9.17, 15) is 17.6 Å². The van der Waals surface area contributed by atoms with Gasteiger partial charge in [0.1, 0.15) is 11.6 Å². The lowest BCUT2D eigenvalue weighted by Crippen LogP contribution is -2.42. The molecular formula is C19H18FN5O3S. The van der Waals surface area contributed by atoms with Crippen LogP contribution in [-0.4, -0.2) is 46.9 Å². The van der Waals surface area contributed by atoms with Crippen LogP contribution in [0, 0.1) is 12.7 Å². The molecule has 4 rings (SSSR count). The van der Waals surface area contributed by atoms with Gasteiger partial charge in [-0.2, -0.15) is 0 Å². The lowest BCUT2D eigenvalue weighted by molar-refractivity contribution is -0.117. The van der Waals surface area contributed by atoms with Crippen molar-refractivity contribution >= 4 is 21.8 Å². The standard InChI is InChI=1S/C19H18FN5O3S/c1-13-21-6-8-25(13)17-5-4-14(11-16(17)20)12-22-19(26)15-3-2-7-24-9-10-29(27,28)23-18(15)24/h2-8,11H,9-10,12H2,1H3,(H,22,26). The van der Waals surface area contributed by atoms with Gasteiger partial charge in [0.2, 0.25) is 0 Å². The van der Waals surface area contributed by atoms with Crippen molar-refractivity contribution in [2.45, 2.75) is 13.5 Å². The zero-order valence-electron chi connectivity index (χ0n) is 15.5. The van der Waals surface area contributed by atoms with E-state index in [0.717, 1.165) is 0 Å². The molecule has 2 aromatic rings. The van der Waals surface area contributed by atoms with Gasteiger partial charge in [-0.3, -0.25) is 4.79 Å². The van der Waals surface area contributed by atoms with Crippen molar-refractivity contribution in [2.24, 2.45) is 4.40 Å². The minimum Gasteiger partial charge on any atom is -0.348 e. The Kier molecular flexibility index (Phi) is 4.79. The van der Waals surface area contributed by atoms with E-state index in [1.807, 2.05) is 0 Å². The number of imidazole rings is 1. The lowest BCUT2D eigenvalue weighted by atomic mass is 10.1. The van der Waals surface area contributed by atoms with Crippen LogP contribution in [0.3, 0.4) is 0 Å². The van der Waals surface area contributed by atoms with E-state index >= 15 is 0 Å². The molecule has 0 bridgehead atoms. The Hall–Kier alpha value is -3.27. The molecule has 2 aliphatic rings. The molecule has 0 saturated carbocycles. The highest BCUT2D eigenvalue weighted by Gasteiger charge is 2.29. The molecule has 8 nitrogen and oxygen atoms in total. The van der Waals surface area contributed by atoms with E-state index in [4.69, 9.17) is 0 Å². The second kappa shape index (κ2) is 7.28. The Balaban J connectivity index is 1.49.